The number of methoxy groups -OCH3 is 1. The molecule has 1 N–H and O–H groups in total. The van der Waals surface area contributed by atoms with Gasteiger partial charge in [-0.1, -0.05) is 36.3 Å². The number of aryl methyl sites for hydroxylation is 2. The van der Waals surface area contributed by atoms with Gasteiger partial charge in [-0.15, -0.1) is 0 Å². The van der Waals surface area contributed by atoms with E-state index in [1.165, 1.54) is 0 Å². The average molecular weight is 379 g/mol. The van der Waals surface area contributed by atoms with Gasteiger partial charge in [-0.05, 0) is 61.7 Å². The first-order chi connectivity index (χ1) is 14.1. The summed E-state index contributed by atoms with van der Waals surface area (Å²) in [4.78, 5) is 4.42. The summed E-state index contributed by atoms with van der Waals surface area (Å²) in [5.41, 5.74) is 7.87. The third kappa shape index (κ3) is 4.04. The van der Waals surface area contributed by atoms with Crippen molar-refractivity contribution in [3.8, 4) is 40.0 Å². The summed E-state index contributed by atoms with van der Waals surface area (Å²) in [6.45, 7) is 4.00. The van der Waals surface area contributed by atoms with Gasteiger partial charge >= 0.3 is 0 Å². The topological polar surface area (TPSA) is 50.8 Å². The molecule has 0 fully saturated rings. The molecular formula is C25H21N3O. The van der Waals surface area contributed by atoms with Crippen LogP contribution in [0.4, 0.5) is 0 Å². The minimum Gasteiger partial charge on any atom is -0.497 e. The van der Waals surface area contributed by atoms with Crippen molar-refractivity contribution in [3.05, 3.63) is 89.4 Å². The highest BCUT2D eigenvalue weighted by Gasteiger charge is 2.14. The Morgan fingerprint density at radius 3 is 2.24 bits per heavy atom. The number of pyridine rings is 1. The first-order valence-corrected chi connectivity index (χ1v) is 9.39. The van der Waals surface area contributed by atoms with Crippen molar-refractivity contribution >= 4 is 0 Å². The van der Waals surface area contributed by atoms with Crippen molar-refractivity contribution < 1.29 is 4.74 Å². The van der Waals surface area contributed by atoms with Crippen molar-refractivity contribution in [3.63, 3.8) is 0 Å². The number of aromatic amines is 1. The van der Waals surface area contributed by atoms with E-state index in [0.29, 0.717) is 0 Å². The minimum absolute atomic E-state index is 0.777. The van der Waals surface area contributed by atoms with E-state index in [2.05, 4.69) is 51.3 Å². The Labute approximate surface area is 170 Å². The molecule has 0 aliphatic carbocycles. The van der Waals surface area contributed by atoms with Gasteiger partial charge in [-0.3, -0.25) is 5.10 Å². The Morgan fingerprint density at radius 2 is 1.55 bits per heavy atom. The molecule has 4 heteroatoms. The standard InChI is InChI=1S/C25H21N3O/c1-17-5-4-6-22(26-17)14-9-19-7-10-21(11-8-19)25-24(18(2)27-28-25)20-12-15-23(29-3)16-13-20/h4-8,10-13,15-16H,1-3H3,(H,27,28). The second-order valence-corrected chi connectivity index (χ2v) is 6.79. The number of H-pyrrole nitrogens is 1. The molecule has 0 aliphatic heterocycles. The maximum absolute atomic E-state index is 5.27. The summed E-state index contributed by atoms with van der Waals surface area (Å²) in [7, 11) is 1.67. The Bertz CT molecular complexity index is 1190. The van der Waals surface area contributed by atoms with Gasteiger partial charge in [0.05, 0.1) is 7.11 Å². The highest BCUT2D eigenvalue weighted by molar-refractivity contribution is 5.82. The van der Waals surface area contributed by atoms with E-state index in [-0.39, 0.29) is 0 Å². The Hall–Kier alpha value is -3.84. The predicted octanol–water partition coefficient (Wildman–Crippen LogP) is 5.16. The molecule has 29 heavy (non-hydrogen) atoms. The van der Waals surface area contributed by atoms with E-state index in [1.807, 2.05) is 56.3 Å². The summed E-state index contributed by atoms with van der Waals surface area (Å²) < 4.78 is 5.27. The van der Waals surface area contributed by atoms with Gasteiger partial charge in [-0.2, -0.15) is 5.10 Å². The first kappa shape index (κ1) is 18.5. The molecule has 0 atom stereocenters. The van der Waals surface area contributed by atoms with Crippen molar-refractivity contribution in [2.24, 2.45) is 0 Å². The molecular weight excluding hydrogens is 358 g/mol. The van der Waals surface area contributed by atoms with Gasteiger partial charge in [-0.25, -0.2) is 4.98 Å². The van der Waals surface area contributed by atoms with Gasteiger partial charge < -0.3 is 4.74 Å². The molecule has 0 saturated heterocycles. The van der Waals surface area contributed by atoms with Gasteiger partial charge in [0.15, 0.2) is 0 Å². The molecule has 0 aliphatic rings. The lowest BCUT2D eigenvalue weighted by molar-refractivity contribution is 0.415. The summed E-state index contributed by atoms with van der Waals surface area (Å²) in [6.07, 6.45) is 0. The number of ether oxygens (including phenoxy) is 1. The molecule has 4 rings (SSSR count). The Morgan fingerprint density at radius 1 is 0.828 bits per heavy atom. The number of aromatic nitrogens is 3. The minimum atomic E-state index is 0.777. The predicted molar refractivity (Wildman–Crippen MR) is 116 cm³/mol. The lowest BCUT2D eigenvalue weighted by Gasteiger charge is -2.06. The molecule has 4 nitrogen and oxygen atoms in total. The van der Waals surface area contributed by atoms with Crippen LogP contribution in [0.1, 0.15) is 22.6 Å². The molecule has 2 heterocycles. The molecule has 142 valence electrons. The summed E-state index contributed by atoms with van der Waals surface area (Å²) in [5, 5.41) is 7.65. The molecule has 0 spiro atoms. The number of rotatable bonds is 3. The summed E-state index contributed by atoms with van der Waals surface area (Å²) >= 11 is 0. The fraction of sp³-hybridized carbons (Fsp3) is 0.120. The third-order valence-electron chi connectivity index (χ3n) is 4.71. The van der Waals surface area contributed by atoms with Crippen LogP contribution in [0, 0.1) is 25.7 Å². The molecule has 2 aromatic carbocycles. The fourth-order valence-corrected chi connectivity index (χ4v) is 3.21. The molecule has 0 bridgehead atoms. The Balaban J connectivity index is 1.63. The van der Waals surface area contributed by atoms with Crippen LogP contribution in [0.25, 0.3) is 22.4 Å². The van der Waals surface area contributed by atoms with E-state index in [0.717, 1.165) is 50.8 Å². The number of benzene rings is 2. The lowest BCUT2D eigenvalue weighted by atomic mass is 9.98. The zero-order valence-corrected chi connectivity index (χ0v) is 16.7. The van der Waals surface area contributed by atoms with Crippen molar-refractivity contribution in [1.82, 2.24) is 15.2 Å². The number of hydrogen-bond acceptors (Lipinski definition) is 3. The van der Waals surface area contributed by atoms with Crippen LogP contribution in [0.5, 0.6) is 5.75 Å². The van der Waals surface area contributed by atoms with Gasteiger partial charge in [0.25, 0.3) is 0 Å². The maximum Gasteiger partial charge on any atom is 0.118 e. The van der Waals surface area contributed by atoms with Crippen molar-refractivity contribution in [1.29, 1.82) is 0 Å². The highest BCUT2D eigenvalue weighted by Crippen LogP contribution is 2.33. The molecule has 0 amide bonds. The monoisotopic (exact) mass is 379 g/mol. The van der Waals surface area contributed by atoms with Crippen LogP contribution in [0.3, 0.4) is 0 Å². The smallest absolute Gasteiger partial charge is 0.118 e. The average Bonchev–Trinajstić information content (AvgIpc) is 3.14. The van der Waals surface area contributed by atoms with Gasteiger partial charge in [0, 0.05) is 28.1 Å². The van der Waals surface area contributed by atoms with E-state index < -0.39 is 0 Å². The second kappa shape index (κ2) is 8.04. The lowest BCUT2D eigenvalue weighted by Crippen LogP contribution is -1.87. The SMILES string of the molecule is COc1ccc(-c2c(-c3ccc(C#Cc4cccc(C)n4)cc3)n[nH]c2C)cc1. The third-order valence-corrected chi connectivity index (χ3v) is 4.71. The summed E-state index contributed by atoms with van der Waals surface area (Å²) in [5.74, 6) is 7.13. The normalized spacial score (nSPS) is 10.3. The van der Waals surface area contributed by atoms with Gasteiger partial charge in [0.1, 0.15) is 17.1 Å². The van der Waals surface area contributed by atoms with E-state index in [1.54, 1.807) is 7.11 Å². The molecule has 4 aromatic rings. The molecule has 0 unspecified atom stereocenters. The second-order valence-electron chi connectivity index (χ2n) is 6.79. The van der Waals surface area contributed by atoms with Crippen LogP contribution in [-0.2, 0) is 0 Å². The molecule has 2 aromatic heterocycles. The van der Waals surface area contributed by atoms with E-state index in [9.17, 15) is 0 Å². The maximum atomic E-state index is 5.27. The molecule has 0 radical (unpaired) electrons. The van der Waals surface area contributed by atoms with Crippen LogP contribution in [0.2, 0.25) is 0 Å². The quantitative estimate of drug-likeness (QED) is 0.500. The zero-order valence-electron chi connectivity index (χ0n) is 16.7. The zero-order chi connectivity index (χ0) is 20.2. The first-order valence-electron chi connectivity index (χ1n) is 9.39. The van der Waals surface area contributed by atoms with Gasteiger partial charge in [0.2, 0.25) is 0 Å². The van der Waals surface area contributed by atoms with E-state index in [4.69, 9.17) is 4.74 Å². The van der Waals surface area contributed by atoms with Crippen LogP contribution >= 0.6 is 0 Å². The summed E-state index contributed by atoms with van der Waals surface area (Å²) in [6, 6.07) is 22.0. The van der Waals surface area contributed by atoms with E-state index >= 15 is 0 Å². The van der Waals surface area contributed by atoms with Crippen LogP contribution in [0.15, 0.2) is 66.7 Å². The highest BCUT2D eigenvalue weighted by atomic mass is 16.5. The number of hydrogen-bond donors (Lipinski definition) is 1. The van der Waals surface area contributed by atoms with Crippen molar-refractivity contribution in [2.75, 3.05) is 7.11 Å². The van der Waals surface area contributed by atoms with Crippen LogP contribution < -0.4 is 4.74 Å². The largest absolute Gasteiger partial charge is 0.497 e. The molecule has 0 saturated carbocycles. The van der Waals surface area contributed by atoms with Crippen molar-refractivity contribution in [2.45, 2.75) is 13.8 Å². The number of nitrogens with zero attached hydrogens (tertiary/aromatic N) is 2. The fourth-order valence-electron chi connectivity index (χ4n) is 3.21. The van der Waals surface area contributed by atoms with Crippen LogP contribution in [-0.4, -0.2) is 22.3 Å². The number of nitrogens with one attached hydrogen (secondary N) is 1. The Kier molecular flexibility index (Phi) is 5.13.